The molecule has 2 aromatic rings. The number of rotatable bonds is 3. The molecule has 0 atom stereocenters. The summed E-state index contributed by atoms with van der Waals surface area (Å²) in [5.74, 6) is 0. The molecule has 0 aliphatic heterocycles. The molecule has 1 aromatic heterocycles. The number of nitrogens with zero attached hydrogens (tertiary/aromatic N) is 3. The first-order valence-electron chi connectivity index (χ1n) is 6.61. The van der Waals surface area contributed by atoms with Crippen molar-refractivity contribution in [3.63, 3.8) is 0 Å². The summed E-state index contributed by atoms with van der Waals surface area (Å²) >= 11 is 5.83. The van der Waals surface area contributed by atoms with Crippen LogP contribution in [-0.4, -0.2) is 23.0 Å². The largest absolute Gasteiger partial charge is 0.433 e. The van der Waals surface area contributed by atoms with Gasteiger partial charge in [0.15, 0.2) is 5.69 Å². The van der Waals surface area contributed by atoms with E-state index in [0.29, 0.717) is 27.9 Å². The fraction of sp³-hybridized carbons (Fsp3) is 0.214. The molecule has 2 rings (SSSR count). The lowest BCUT2D eigenvalue weighted by Gasteiger charge is -2.21. The van der Waals surface area contributed by atoms with Crippen molar-refractivity contribution in [1.29, 1.82) is 0 Å². The van der Waals surface area contributed by atoms with E-state index in [1.807, 2.05) is 0 Å². The summed E-state index contributed by atoms with van der Waals surface area (Å²) in [5.41, 5.74) is -4.78. The number of amides is 1. The normalized spacial score (nSPS) is 12.2. The van der Waals surface area contributed by atoms with E-state index in [4.69, 9.17) is 11.6 Å². The maximum absolute atomic E-state index is 12.9. The summed E-state index contributed by atoms with van der Waals surface area (Å²) in [7, 11) is 1.09. The summed E-state index contributed by atoms with van der Waals surface area (Å²) in [5, 5.41) is -0.604. The van der Waals surface area contributed by atoms with E-state index in [1.54, 1.807) is 0 Å². The molecule has 1 heterocycles. The standard InChI is InChI=1S/C14H8ClF6N3O2/c1-23(6-25)9-3-7(13(16,17)18)2-8(15)12(9)24-5-22-10(4-11(24)26)14(19,20)21/h2-6H,1H3. The van der Waals surface area contributed by atoms with Gasteiger partial charge in [0.2, 0.25) is 6.41 Å². The van der Waals surface area contributed by atoms with Gasteiger partial charge in [0.1, 0.15) is 6.33 Å². The van der Waals surface area contributed by atoms with Crippen LogP contribution in [0.15, 0.2) is 29.3 Å². The summed E-state index contributed by atoms with van der Waals surface area (Å²) in [6.45, 7) is 0. The highest BCUT2D eigenvalue weighted by Crippen LogP contribution is 2.38. The van der Waals surface area contributed by atoms with Crippen molar-refractivity contribution in [3.05, 3.63) is 51.2 Å². The molecule has 140 valence electrons. The molecule has 0 N–H and O–H groups in total. The van der Waals surface area contributed by atoms with Gasteiger partial charge in [-0.25, -0.2) is 4.98 Å². The predicted molar refractivity (Wildman–Crippen MR) is 79.3 cm³/mol. The second-order valence-corrected chi connectivity index (χ2v) is 5.43. The van der Waals surface area contributed by atoms with Gasteiger partial charge >= 0.3 is 12.4 Å². The zero-order valence-corrected chi connectivity index (χ0v) is 13.4. The smallest absolute Gasteiger partial charge is 0.316 e. The molecule has 0 spiro atoms. The van der Waals surface area contributed by atoms with Gasteiger partial charge < -0.3 is 4.90 Å². The fourth-order valence-electron chi connectivity index (χ4n) is 2.04. The van der Waals surface area contributed by atoms with Crippen molar-refractivity contribution in [2.75, 3.05) is 11.9 Å². The molecule has 0 unspecified atom stereocenters. The van der Waals surface area contributed by atoms with E-state index in [-0.39, 0.29) is 12.5 Å². The number of benzene rings is 1. The molecule has 0 fully saturated rings. The first-order chi connectivity index (χ1) is 11.9. The van der Waals surface area contributed by atoms with Crippen LogP contribution in [0.25, 0.3) is 5.69 Å². The summed E-state index contributed by atoms with van der Waals surface area (Å²) in [4.78, 5) is 26.8. The third kappa shape index (κ3) is 3.82. The van der Waals surface area contributed by atoms with Crippen LogP contribution in [0.1, 0.15) is 11.3 Å². The first-order valence-corrected chi connectivity index (χ1v) is 6.99. The molecular weight excluding hydrogens is 392 g/mol. The summed E-state index contributed by atoms with van der Waals surface area (Å²) in [6, 6.07) is 1.20. The highest BCUT2D eigenvalue weighted by molar-refractivity contribution is 6.33. The number of alkyl halides is 6. The van der Waals surface area contributed by atoms with Crippen LogP contribution in [0.5, 0.6) is 0 Å². The molecular formula is C14H8ClF6N3O2. The second kappa shape index (κ2) is 6.63. The van der Waals surface area contributed by atoms with Crippen molar-refractivity contribution in [2.24, 2.45) is 0 Å². The predicted octanol–water partition coefficient (Wildman–Crippen LogP) is 3.52. The number of halogens is 7. The van der Waals surface area contributed by atoms with Crippen LogP contribution >= 0.6 is 11.6 Å². The van der Waals surface area contributed by atoms with Crippen LogP contribution < -0.4 is 10.5 Å². The van der Waals surface area contributed by atoms with E-state index in [0.717, 1.165) is 7.05 Å². The fourth-order valence-corrected chi connectivity index (χ4v) is 2.34. The number of carbonyl (C=O) groups is 1. The first kappa shape index (κ1) is 19.8. The molecule has 5 nitrogen and oxygen atoms in total. The molecule has 0 saturated carbocycles. The average molecular weight is 400 g/mol. The Bertz CT molecular complexity index is 907. The molecule has 12 heteroatoms. The number of carbonyl (C=O) groups excluding carboxylic acids is 1. The number of anilines is 1. The van der Waals surface area contributed by atoms with Crippen molar-refractivity contribution < 1.29 is 31.1 Å². The zero-order chi connectivity index (χ0) is 19.9. The number of hydrogen-bond donors (Lipinski definition) is 0. The van der Waals surface area contributed by atoms with E-state index < -0.39 is 45.6 Å². The SMILES string of the molecule is CN(C=O)c1cc(C(F)(F)F)cc(Cl)c1-n1cnc(C(F)(F)F)cc1=O. The van der Waals surface area contributed by atoms with Gasteiger partial charge in [0.05, 0.1) is 22.0 Å². The maximum atomic E-state index is 12.9. The van der Waals surface area contributed by atoms with Crippen LogP contribution in [0.4, 0.5) is 32.0 Å². The highest BCUT2D eigenvalue weighted by Gasteiger charge is 2.35. The molecule has 0 saturated heterocycles. The Morgan fingerprint density at radius 1 is 1.12 bits per heavy atom. The minimum Gasteiger partial charge on any atom is -0.316 e. The Kier molecular flexibility index (Phi) is 5.04. The third-order valence-electron chi connectivity index (χ3n) is 3.25. The molecule has 0 bridgehead atoms. The molecule has 1 amide bonds. The van der Waals surface area contributed by atoms with Gasteiger partial charge in [-0.3, -0.25) is 14.2 Å². The monoisotopic (exact) mass is 399 g/mol. The highest BCUT2D eigenvalue weighted by atomic mass is 35.5. The van der Waals surface area contributed by atoms with Crippen LogP contribution in [0.2, 0.25) is 5.02 Å². The Balaban J connectivity index is 2.77. The minimum atomic E-state index is -4.88. The van der Waals surface area contributed by atoms with Crippen molar-refractivity contribution in [3.8, 4) is 5.69 Å². The van der Waals surface area contributed by atoms with Crippen LogP contribution in [0.3, 0.4) is 0 Å². The molecule has 26 heavy (non-hydrogen) atoms. The molecule has 0 aliphatic rings. The Hall–Kier alpha value is -2.56. The topological polar surface area (TPSA) is 55.2 Å². The quantitative estimate of drug-likeness (QED) is 0.586. The van der Waals surface area contributed by atoms with E-state index in [1.165, 1.54) is 0 Å². The van der Waals surface area contributed by atoms with Gasteiger partial charge in [-0.05, 0) is 12.1 Å². The zero-order valence-electron chi connectivity index (χ0n) is 12.7. The van der Waals surface area contributed by atoms with E-state index in [2.05, 4.69) is 4.98 Å². The lowest BCUT2D eigenvalue weighted by atomic mass is 10.1. The molecule has 0 radical (unpaired) electrons. The average Bonchev–Trinajstić information content (AvgIpc) is 2.52. The van der Waals surface area contributed by atoms with Crippen molar-refractivity contribution in [1.82, 2.24) is 9.55 Å². The van der Waals surface area contributed by atoms with Gasteiger partial charge in [-0.2, -0.15) is 26.3 Å². The Labute approximate surface area is 146 Å². The maximum Gasteiger partial charge on any atom is 0.433 e. The summed E-state index contributed by atoms with van der Waals surface area (Å²) < 4.78 is 77.2. The van der Waals surface area contributed by atoms with Gasteiger partial charge in [0.25, 0.3) is 5.56 Å². The van der Waals surface area contributed by atoms with Gasteiger partial charge in [0, 0.05) is 13.1 Å². The molecule has 1 aromatic carbocycles. The molecule has 0 aliphatic carbocycles. The van der Waals surface area contributed by atoms with Gasteiger partial charge in [-0.1, -0.05) is 11.6 Å². The van der Waals surface area contributed by atoms with E-state index >= 15 is 0 Å². The van der Waals surface area contributed by atoms with Crippen molar-refractivity contribution in [2.45, 2.75) is 12.4 Å². The Morgan fingerprint density at radius 2 is 1.73 bits per heavy atom. The summed E-state index contributed by atoms with van der Waals surface area (Å²) in [6.07, 6.45) is -9.06. The third-order valence-corrected chi connectivity index (χ3v) is 3.54. The lowest BCUT2D eigenvalue weighted by molar-refractivity contribution is -0.141. The minimum absolute atomic E-state index is 0.151. The number of aromatic nitrogens is 2. The number of hydrogen-bond acceptors (Lipinski definition) is 3. The lowest BCUT2D eigenvalue weighted by Crippen LogP contribution is -2.25. The second-order valence-electron chi connectivity index (χ2n) is 5.02. The van der Waals surface area contributed by atoms with E-state index in [9.17, 15) is 35.9 Å². The Morgan fingerprint density at radius 3 is 2.19 bits per heavy atom. The van der Waals surface area contributed by atoms with Crippen LogP contribution in [0, 0.1) is 0 Å². The van der Waals surface area contributed by atoms with Crippen LogP contribution in [-0.2, 0) is 17.1 Å². The van der Waals surface area contributed by atoms with Crippen molar-refractivity contribution >= 4 is 23.7 Å². The van der Waals surface area contributed by atoms with Gasteiger partial charge in [-0.15, -0.1) is 0 Å².